The number of benzene rings is 2. The summed E-state index contributed by atoms with van der Waals surface area (Å²) in [5.41, 5.74) is 1.26. The fourth-order valence-electron chi connectivity index (χ4n) is 3.12. The minimum atomic E-state index is 0.176. The summed E-state index contributed by atoms with van der Waals surface area (Å²) < 4.78 is 5.25. The number of rotatable bonds is 4. The summed E-state index contributed by atoms with van der Waals surface area (Å²) in [5, 5.41) is 15.1. The second-order valence-electron chi connectivity index (χ2n) is 5.70. The molecule has 1 saturated carbocycles. The topological polar surface area (TPSA) is 45.0 Å². The Morgan fingerprint density at radius 1 is 1.19 bits per heavy atom. The first kappa shape index (κ1) is 13.9. The van der Waals surface area contributed by atoms with E-state index in [0.29, 0.717) is 6.04 Å². The smallest absolute Gasteiger partial charge is 0.119 e. The molecule has 108 valence electrons. The second-order valence-corrected chi connectivity index (χ2v) is 5.70. The quantitative estimate of drug-likeness (QED) is 0.930. The van der Waals surface area contributed by atoms with Gasteiger partial charge in [-0.2, -0.15) is 5.26 Å². The number of fused-ring (bicyclic) bond motifs is 1. The monoisotopic (exact) mass is 280 g/mol. The van der Waals surface area contributed by atoms with Gasteiger partial charge in [0.1, 0.15) is 5.75 Å². The van der Waals surface area contributed by atoms with Gasteiger partial charge in [-0.25, -0.2) is 0 Å². The van der Waals surface area contributed by atoms with Gasteiger partial charge in [-0.1, -0.05) is 24.6 Å². The zero-order valence-corrected chi connectivity index (χ0v) is 12.3. The second kappa shape index (κ2) is 6.15. The maximum absolute atomic E-state index is 9.12. The van der Waals surface area contributed by atoms with E-state index in [1.54, 1.807) is 7.11 Å². The third-order valence-electron chi connectivity index (χ3n) is 4.36. The van der Waals surface area contributed by atoms with Crippen LogP contribution in [-0.4, -0.2) is 13.2 Å². The summed E-state index contributed by atoms with van der Waals surface area (Å²) in [4.78, 5) is 0. The van der Waals surface area contributed by atoms with Crippen molar-refractivity contribution in [1.82, 2.24) is 5.32 Å². The number of hydrogen-bond acceptors (Lipinski definition) is 3. The summed E-state index contributed by atoms with van der Waals surface area (Å²) in [5.74, 6) is 1.06. The lowest BCUT2D eigenvalue weighted by Crippen LogP contribution is -2.31. The van der Waals surface area contributed by atoms with Crippen LogP contribution in [0.15, 0.2) is 36.4 Å². The molecule has 0 aromatic heterocycles. The molecule has 3 heteroatoms. The van der Waals surface area contributed by atoms with Gasteiger partial charge < -0.3 is 10.1 Å². The molecule has 0 heterocycles. The summed E-state index contributed by atoms with van der Waals surface area (Å²) >= 11 is 0. The Kier molecular flexibility index (Phi) is 4.08. The fraction of sp³-hybridized carbons (Fsp3) is 0.389. The lowest BCUT2D eigenvalue weighted by molar-refractivity contribution is 0.415. The number of ether oxygens (including phenoxy) is 1. The molecule has 0 aliphatic heterocycles. The van der Waals surface area contributed by atoms with Gasteiger partial charge in [-0.3, -0.25) is 0 Å². The molecule has 0 radical (unpaired) electrons. The van der Waals surface area contributed by atoms with E-state index in [-0.39, 0.29) is 5.92 Å². The highest BCUT2D eigenvalue weighted by Gasteiger charge is 2.26. The van der Waals surface area contributed by atoms with Crippen molar-refractivity contribution in [3.05, 3.63) is 42.0 Å². The van der Waals surface area contributed by atoms with E-state index in [4.69, 9.17) is 10.00 Å². The van der Waals surface area contributed by atoms with Crippen LogP contribution in [0.3, 0.4) is 0 Å². The Hall–Kier alpha value is -2.05. The Labute approximate surface area is 125 Å². The zero-order chi connectivity index (χ0) is 14.7. The molecule has 2 aromatic rings. The fourth-order valence-corrected chi connectivity index (χ4v) is 3.12. The molecule has 21 heavy (non-hydrogen) atoms. The van der Waals surface area contributed by atoms with Crippen LogP contribution in [0.25, 0.3) is 10.8 Å². The molecule has 1 fully saturated rings. The van der Waals surface area contributed by atoms with Crippen LogP contribution in [0, 0.1) is 17.2 Å². The first-order valence-corrected chi connectivity index (χ1v) is 7.50. The molecule has 0 amide bonds. The number of hydrogen-bond donors (Lipinski definition) is 1. The highest BCUT2D eigenvalue weighted by molar-refractivity contribution is 5.84. The van der Waals surface area contributed by atoms with Crippen LogP contribution in [0.5, 0.6) is 5.75 Å². The molecule has 3 nitrogen and oxygen atoms in total. The maximum atomic E-state index is 9.12. The highest BCUT2D eigenvalue weighted by Crippen LogP contribution is 2.26. The third-order valence-corrected chi connectivity index (χ3v) is 4.36. The third kappa shape index (κ3) is 3.01. The molecule has 0 bridgehead atoms. The van der Waals surface area contributed by atoms with Gasteiger partial charge in [-0.15, -0.1) is 0 Å². The van der Waals surface area contributed by atoms with Crippen LogP contribution in [0.2, 0.25) is 0 Å². The number of methoxy groups -OCH3 is 1. The van der Waals surface area contributed by atoms with Gasteiger partial charge in [0.2, 0.25) is 0 Å². The zero-order valence-electron chi connectivity index (χ0n) is 12.3. The van der Waals surface area contributed by atoms with Gasteiger partial charge in [0, 0.05) is 12.6 Å². The van der Waals surface area contributed by atoms with Crippen molar-refractivity contribution in [2.45, 2.75) is 31.8 Å². The van der Waals surface area contributed by atoms with Crippen molar-refractivity contribution in [2.24, 2.45) is 5.92 Å². The highest BCUT2D eigenvalue weighted by atomic mass is 16.5. The van der Waals surface area contributed by atoms with Gasteiger partial charge in [-0.05, 0) is 47.4 Å². The SMILES string of the molecule is COc1ccc2cc(CNC3CCCC3C#N)ccc2c1. The van der Waals surface area contributed by atoms with E-state index < -0.39 is 0 Å². The Bertz CT molecular complexity index is 674. The van der Waals surface area contributed by atoms with E-state index >= 15 is 0 Å². The van der Waals surface area contributed by atoms with E-state index in [0.717, 1.165) is 31.6 Å². The predicted molar refractivity (Wildman–Crippen MR) is 84.1 cm³/mol. The minimum absolute atomic E-state index is 0.176. The molecule has 1 N–H and O–H groups in total. The average Bonchev–Trinajstić information content (AvgIpc) is 2.99. The molecule has 1 aliphatic carbocycles. The van der Waals surface area contributed by atoms with E-state index in [9.17, 15) is 0 Å². The number of nitrogens with one attached hydrogen (secondary N) is 1. The first-order valence-electron chi connectivity index (χ1n) is 7.50. The number of nitriles is 1. The van der Waals surface area contributed by atoms with Gasteiger partial charge >= 0.3 is 0 Å². The van der Waals surface area contributed by atoms with Crippen molar-refractivity contribution in [3.8, 4) is 11.8 Å². The van der Waals surface area contributed by atoms with Crippen LogP contribution >= 0.6 is 0 Å². The molecule has 2 aromatic carbocycles. The van der Waals surface area contributed by atoms with Crippen molar-refractivity contribution in [3.63, 3.8) is 0 Å². The van der Waals surface area contributed by atoms with E-state index in [1.165, 1.54) is 16.3 Å². The van der Waals surface area contributed by atoms with Crippen LogP contribution < -0.4 is 10.1 Å². The standard InChI is InChI=1S/C18H20N2O/c1-21-17-8-7-14-9-13(5-6-15(14)10-17)12-20-18-4-2-3-16(18)11-19/h5-10,16,18,20H,2-4,12H2,1H3. The van der Waals surface area contributed by atoms with Gasteiger partial charge in [0.15, 0.2) is 0 Å². The van der Waals surface area contributed by atoms with Crippen molar-refractivity contribution < 1.29 is 4.74 Å². The van der Waals surface area contributed by atoms with Crippen LogP contribution in [-0.2, 0) is 6.54 Å². The maximum Gasteiger partial charge on any atom is 0.119 e. The normalized spacial score (nSPS) is 21.3. The molecule has 0 saturated heterocycles. The van der Waals surface area contributed by atoms with E-state index in [2.05, 4.69) is 41.7 Å². The Balaban J connectivity index is 1.71. The average molecular weight is 280 g/mol. The minimum Gasteiger partial charge on any atom is -0.497 e. The summed E-state index contributed by atoms with van der Waals surface area (Å²) in [7, 11) is 1.69. The molecule has 0 spiro atoms. The number of nitrogens with zero attached hydrogens (tertiary/aromatic N) is 1. The summed E-state index contributed by atoms with van der Waals surface area (Å²) in [6, 6.07) is 15.4. The van der Waals surface area contributed by atoms with Gasteiger partial charge in [0.05, 0.1) is 19.1 Å². The summed E-state index contributed by atoms with van der Waals surface area (Å²) in [6.07, 6.45) is 3.31. The van der Waals surface area contributed by atoms with Gasteiger partial charge in [0.25, 0.3) is 0 Å². The summed E-state index contributed by atoms with van der Waals surface area (Å²) in [6.45, 7) is 0.824. The largest absolute Gasteiger partial charge is 0.497 e. The van der Waals surface area contributed by atoms with Crippen LogP contribution in [0.1, 0.15) is 24.8 Å². The lowest BCUT2D eigenvalue weighted by atomic mass is 10.0. The van der Waals surface area contributed by atoms with Crippen LogP contribution in [0.4, 0.5) is 0 Å². The van der Waals surface area contributed by atoms with Crippen molar-refractivity contribution >= 4 is 10.8 Å². The molecule has 2 unspecified atom stereocenters. The predicted octanol–water partition coefficient (Wildman–Crippen LogP) is 3.63. The Morgan fingerprint density at radius 2 is 2.00 bits per heavy atom. The molecular weight excluding hydrogens is 260 g/mol. The molecule has 2 atom stereocenters. The Morgan fingerprint density at radius 3 is 2.81 bits per heavy atom. The molecular formula is C18H20N2O. The molecule has 3 rings (SSSR count). The van der Waals surface area contributed by atoms with E-state index in [1.807, 2.05) is 6.07 Å². The van der Waals surface area contributed by atoms with Crippen molar-refractivity contribution in [2.75, 3.05) is 7.11 Å². The lowest BCUT2D eigenvalue weighted by Gasteiger charge is -2.15. The molecule has 1 aliphatic rings. The first-order chi connectivity index (χ1) is 10.3. The van der Waals surface area contributed by atoms with Crippen molar-refractivity contribution in [1.29, 1.82) is 5.26 Å².